The maximum absolute atomic E-state index is 12.3. The van der Waals surface area contributed by atoms with Crippen molar-refractivity contribution in [2.45, 2.75) is 70.3 Å². The highest BCUT2D eigenvalue weighted by Crippen LogP contribution is 2.41. The summed E-state index contributed by atoms with van der Waals surface area (Å²) in [7, 11) is 2.86. The van der Waals surface area contributed by atoms with Crippen LogP contribution in [0.5, 0.6) is 0 Å². The molecule has 2 rings (SSSR count). The van der Waals surface area contributed by atoms with Crippen LogP contribution in [0.1, 0.15) is 34.6 Å². The van der Waals surface area contributed by atoms with Crippen LogP contribution < -0.4 is 0 Å². The van der Waals surface area contributed by atoms with Gasteiger partial charge in [-0.2, -0.15) is 0 Å². The Morgan fingerprint density at radius 1 is 1.04 bits per heavy atom. The highest BCUT2D eigenvalue weighted by Gasteiger charge is 2.60. The normalized spacial score (nSPS) is 42.8. The molecule has 0 amide bonds. The molecule has 0 N–H and O–H groups in total. The van der Waals surface area contributed by atoms with Gasteiger partial charge in [0, 0.05) is 14.2 Å². The Labute approximate surface area is 141 Å². The summed E-state index contributed by atoms with van der Waals surface area (Å²) < 4.78 is 33.8. The molecular formula is C16H26O8. The molecule has 8 heteroatoms. The van der Waals surface area contributed by atoms with Crippen LogP contribution in [0, 0.1) is 0 Å². The topological polar surface area (TPSA) is 89.5 Å². The molecule has 8 nitrogen and oxygen atoms in total. The van der Waals surface area contributed by atoms with Crippen molar-refractivity contribution < 1.29 is 38.0 Å². The second-order valence-electron chi connectivity index (χ2n) is 6.72. The van der Waals surface area contributed by atoms with Gasteiger partial charge in [-0.15, -0.1) is 0 Å². The summed E-state index contributed by atoms with van der Waals surface area (Å²) in [4.78, 5) is 24.4. The molecule has 0 aliphatic carbocycles. The van der Waals surface area contributed by atoms with Gasteiger partial charge in [-0.05, 0) is 34.6 Å². The molecule has 2 heterocycles. The predicted octanol–water partition coefficient (Wildman–Crippen LogP) is 0.805. The monoisotopic (exact) mass is 346 g/mol. The third-order valence-corrected chi connectivity index (χ3v) is 4.60. The van der Waals surface area contributed by atoms with E-state index in [0.717, 1.165) is 0 Å². The van der Waals surface area contributed by atoms with Crippen LogP contribution in [0.2, 0.25) is 0 Å². The van der Waals surface area contributed by atoms with Gasteiger partial charge in [-0.3, -0.25) is 9.59 Å². The molecule has 0 radical (unpaired) electrons. The molecule has 0 bridgehead atoms. The van der Waals surface area contributed by atoms with E-state index in [4.69, 9.17) is 28.4 Å². The third-order valence-electron chi connectivity index (χ3n) is 4.60. The van der Waals surface area contributed by atoms with Crippen molar-refractivity contribution in [2.24, 2.45) is 0 Å². The molecule has 0 aromatic carbocycles. The van der Waals surface area contributed by atoms with Gasteiger partial charge in [0.25, 0.3) is 0 Å². The average Bonchev–Trinajstić information content (AvgIpc) is 2.51. The summed E-state index contributed by atoms with van der Waals surface area (Å²) in [5, 5.41) is 0. The Balaban J connectivity index is 2.39. The highest BCUT2D eigenvalue weighted by molar-refractivity contribution is 5.88. The number of rotatable bonds is 4. The largest absolute Gasteiger partial charge is 0.349 e. The highest BCUT2D eigenvalue weighted by atomic mass is 16.8. The van der Waals surface area contributed by atoms with Crippen molar-refractivity contribution in [3.05, 3.63) is 0 Å². The van der Waals surface area contributed by atoms with E-state index in [-0.39, 0.29) is 18.2 Å². The minimum Gasteiger partial charge on any atom is -0.349 e. The van der Waals surface area contributed by atoms with E-state index in [1.807, 2.05) is 0 Å². The number of Topliss-reactive ketones (excluding diaryl/α,β-unsaturated/α-hetero) is 2. The maximum Gasteiger partial charge on any atom is 0.221 e. The van der Waals surface area contributed by atoms with E-state index in [9.17, 15) is 9.59 Å². The number of ether oxygens (including phenoxy) is 6. The van der Waals surface area contributed by atoms with Crippen LogP contribution in [0.25, 0.3) is 0 Å². The Morgan fingerprint density at radius 3 is 2.08 bits per heavy atom. The first-order valence-electron chi connectivity index (χ1n) is 7.79. The molecular weight excluding hydrogens is 320 g/mol. The van der Waals surface area contributed by atoms with E-state index in [1.165, 1.54) is 21.1 Å². The van der Waals surface area contributed by atoms with Gasteiger partial charge in [0.05, 0.1) is 0 Å². The molecule has 2 fully saturated rings. The van der Waals surface area contributed by atoms with Crippen molar-refractivity contribution >= 4 is 11.6 Å². The van der Waals surface area contributed by atoms with Crippen LogP contribution in [-0.4, -0.2) is 68.1 Å². The molecule has 138 valence electrons. The van der Waals surface area contributed by atoms with Gasteiger partial charge in [0.1, 0.15) is 18.8 Å². The van der Waals surface area contributed by atoms with E-state index < -0.39 is 35.7 Å². The van der Waals surface area contributed by atoms with E-state index in [2.05, 4.69) is 0 Å². The van der Waals surface area contributed by atoms with Crippen LogP contribution in [0.3, 0.4) is 0 Å². The van der Waals surface area contributed by atoms with E-state index in [1.54, 1.807) is 27.7 Å². The van der Waals surface area contributed by atoms with Gasteiger partial charge >= 0.3 is 0 Å². The fraction of sp³-hybridized carbons (Fsp3) is 0.875. The minimum atomic E-state index is -1.34. The number of carbonyl (C=O) groups is 2. The molecule has 2 saturated heterocycles. The van der Waals surface area contributed by atoms with Crippen molar-refractivity contribution in [1.82, 2.24) is 0 Å². The molecule has 5 atom stereocenters. The SMILES string of the molecule is CO[C@]1(C)O[C@@H]([C@H]2OC(C)(C)OCC2=O)[C@H](C(C)=O)O[C@@]1(C)OC. The van der Waals surface area contributed by atoms with Crippen molar-refractivity contribution in [3.8, 4) is 0 Å². The lowest BCUT2D eigenvalue weighted by molar-refractivity contribution is -0.451. The summed E-state index contributed by atoms with van der Waals surface area (Å²) >= 11 is 0. The second kappa shape index (κ2) is 6.44. The smallest absolute Gasteiger partial charge is 0.221 e. The van der Waals surface area contributed by atoms with Gasteiger partial charge in [-0.1, -0.05) is 0 Å². The molecule has 24 heavy (non-hydrogen) atoms. The lowest BCUT2D eigenvalue weighted by atomic mass is 9.95. The second-order valence-corrected chi connectivity index (χ2v) is 6.72. The predicted molar refractivity (Wildman–Crippen MR) is 81.2 cm³/mol. The zero-order chi connectivity index (χ0) is 18.3. The Hall–Kier alpha value is -0.900. The summed E-state index contributed by atoms with van der Waals surface area (Å²) in [5.74, 6) is -4.28. The maximum atomic E-state index is 12.3. The number of hydrogen-bond acceptors (Lipinski definition) is 8. The summed E-state index contributed by atoms with van der Waals surface area (Å²) in [6.07, 6.45) is -3.04. The fourth-order valence-electron chi connectivity index (χ4n) is 2.83. The van der Waals surface area contributed by atoms with Crippen LogP contribution in [0.4, 0.5) is 0 Å². The molecule has 0 aromatic heterocycles. The van der Waals surface area contributed by atoms with E-state index in [0.29, 0.717) is 0 Å². The first-order chi connectivity index (χ1) is 11.0. The first kappa shape index (κ1) is 19.4. The fourth-order valence-corrected chi connectivity index (χ4v) is 2.83. The quantitative estimate of drug-likeness (QED) is 0.739. The van der Waals surface area contributed by atoms with Gasteiger partial charge in [0.2, 0.25) is 11.6 Å². The van der Waals surface area contributed by atoms with Gasteiger partial charge in [0.15, 0.2) is 23.5 Å². The third kappa shape index (κ3) is 3.26. The summed E-state index contributed by atoms with van der Waals surface area (Å²) in [6.45, 7) is 7.84. The van der Waals surface area contributed by atoms with Gasteiger partial charge < -0.3 is 28.4 Å². The lowest BCUT2D eigenvalue weighted by Crippen LogP contribution is -2.70. The number of carbonyl (C=O) groups excluding carboxylic acids is 2. The van der Waals surface area contributed by atoms with Crippen LogP contribution in [0.15, 0.2) is 0 Å². The zero-order valence-corrected chi connectivity index (χ0v) is 15.2. The van der Waals surface area contributed by atoms with Crippen molar-refractivity contribution in [3.63, 3.8) is 0 Å². The number of methoxy groups -OCH3 is 2. The number of hydrogen-bond donors (Lipinski definition) is 0. The lowest BCUT2D eigenvalue weighted by Gasteiger charge is -2.53. The molecule has 0 unspecified atom stereocenters. The zero-order valence-electron chi connectivity index (χ0n) is 15.2. The van der Waals surface area contributed by atoms with Crippen LogP contribution >= 0.6 is 0 Å². The molecule has 0 spiro atoms. The van der Waals surface area contributed by atoms with Crippen molar-refractivity contribution in [2.75, 3.05) is 20.8 Å². The molecule has 0 aromatic rings. The molecule has 2 aliphatic heterocycles. The Bertz CT molecular complexity index is 518. The minimum absolute atomic E-state index is 0.132. The van der Waals surface area contributed by atoms with E-state index >= 15 is 0 Å². The number of ketones is 2. The molecule has 0 saturated carbocycles. The standard InChI is InChI=1S/C16H26O8/c1-9(17)11-13(12-10(18)8-21-14(2,3)22-12)24-16(5,20-7)15(4,19-6)23-11/h11-13H,8H2,1-7H3/t11-,12-,13+,15+,16+/m0/s1. The molecule has 2 aliphatic rings. The average molecular weight is 346 g/mol. The summed E-state index contributed by atoms with van der Waals surface area (Å²) in [5.41, 5.74) is 0. The Morgan fingerprint density at radius 2 is 1.58 bits per heavy atom. The summed E-state index contributed by atoms with van der Waals surface area (Å²) in [6, 6.07) is 0. The first-order valence-corrected chi connectivity index (χ1v) is 7.79. The Kier molecular flexibility index (Phi) is 5.21. The van der Waals surface area contributed by atoms with Crippen molar-refractivity contribution in [1.29, 1.82) is 0 Å². The van der Waals surface area contributed by atoms with Gasteiger partial charge in [-0.25, -0.2) is 0 Å². The van der Waals surface area contributed by atoms with Crippen LogP contribution in [-0.2, 0) is 38.0 Å².